The molecule has 0 radical (unpaired) electrons. The van der Waals surface area contributed by atoms with Crippen LogP contribution >= 0.6 is 0 Å². The first kappa shape index (κ1) is 24.7. The monoisotopic (exact) mass is 495 g/mol. The number of aryl methyl sites for hydroxylation is 1. The van der Waals surface area contributed by atoms with Gasteiger partial charge in [0.05, 0.1) is 23.2 Å². The predicted molar refractivity (Wildman–Crippen MR) is 132 cm³/mol. The van der Waals surface area contributed by atoms with Gasteiger partial charge in [-0.2, -0.15) is 5.10 Å². The quantitative estimate of drug-likeness (QED) is 0.445. The summed E-state index contributed by atoms with van der Waals surface area (Å²) in [6.45, 7) is 3.99. The Morgan fingerprint density at radius 3 is 2.34 bits per heavy atom. The van der Waals surface area contributed by atoms with Crippen molar-refractivity contribution in [2.75, 3.05) is 25.2 Å². The zero-order valence-electron chi connectivity index (χ0n) is 20.1. The molecule has 1 aromatic heterocycles. The number of carbonyl (C=O) groups excluding carboxylic acids is 2. The summed E-state index contributed by atoms with van der Waals surface area (Å²) < 4.78 is 31.2. The number of hydrogen-bond acceptors (Lipinski definition) is 6. The Balaban J connectivity index is 1.34. The van der Waals surface area contributed by atoms with Crippen molar-refractivity contribution < 1.29 is 22.7 Å². The molecule has 0 spiro atoms. The number of hydrogen-bond donors (Lipinski definition) is 0. The first-order valence-electron chi connectivity index (χ1n) is 11.5. The van der Waals surface area contributed by atoms with Gasteiger partial charge >= 0.3 is 0 Å². The van der Waals surface area contributed by atoms with Crippen molar-refractivity contribution in [3.05, 3.63) is 82.7 Å². The van der Waals surface area contributed by atoms with Crippen molar-refractivity contribution in [1.82, 2.24) is 14.7 Å². The molecule has 0 aliphatic carbocycles. The second-order valence-electron chi connectivity index (χ2n) is 8.91. The maximum Gasteiger partial charge on any atom is 0.260 e. The van der Waals surface area contributed by atoms with E-state index in [0.29, 0.717) is 29.8 Å². The minimum Gasteiger partial charge on any atom is -0.484 e. The number of carbonyl (C=O) groups is 2. The third-order valence-electron chi connectivity index (χ3n) is 6.36. The summed E-state index contributed by atoms with van der Waals surface area (Å²) in [7, 11) is -1.32. The van der Waals surface area contributed by atoms with Crippen molar-refractivity contribution in [2.24, 2.45) is 0 Å². The van der Waals surface area contributed by atoms with Gasteiger partial charge in [0.2, 0.25) is 0 Å². The van der Waals surface area contributed by atoms with E-state index in [4.69, 9.17) is 4.74 Å². The van der Waals surface area contributed by atoms with Crippen LogP contribution in [0.5, 0.6) is 5.75 Å². The van der Waals surface area contributed by atoms with Gasteiger partial charge in [-0.25, -0.2) is 8.42 Å². The standard InChI is InChI=1S/C26H29N3O5S/c1-18-24(19(2)29(27-18)22-13-14-35(32,33)17-22)15-28(3)25(30)16-34-23-11-9-21(10-12-23)26(31)20-7-5-4-6-8-20/h4-12,22H,13-17H2,1-3H3. The van der Waals surface area contributed by atoms with Crippen LogP contribution in [-0.4, -0.2) is 59.9 Å². The molecule has 1 aliphatic rings. The van der Waals surface area contributed by atoms with E-state index >= 15 is 0 Å². The molecular formula is C26H29N3O5S. The van der Waals surface area contributed by atoms with Gasteiger partial charge in [-0.05, 0) is 44.5 Å². The maximum atomic E-state index is 12.7. The predicted octanol–water partition coefficient (Wildman–Crippen LogP) is 3.13. The van der Waals surface area contributed by atoms with Gasteiger partial charge in [-0.3, -0.25) is 14.3 Å². The minimum absolute atomic E-state index is 0.0746. The Morgan fingerprint density at radius 1 is 1.06 bits per heavy atom. The first-order valence-corrected chi connectivity index (χ1v) is 13.3. The number of ketones is 1. The van der Waals surface area contributed by atoms with Crippen molar-refractivity contribution in [3.63, 3.8) is 0 Å². The molecule has 35 heavy (non-hydrogen) atoms. The smallest absolute Gasteiger partial charge is 0.260 e. The summed E-state index contributed by atoms with van der Waals surface area (Å²) in [6, 6.07) is 15.6. The zero-order valence-corrected chi connectivity index (χ0v) is 20.9. The molecule has 3 aromatic rings. The van der Waals surface area contributed by atoms with E-state index in [1.54, 1.807) is 53.0 Å². The third-order valence-corrected chi connectivity index (χ3v) is 8.12. The molecule has 184 valence electrons. The Hall–Kier alpha value is -3.46. The fraction of sp³-hybridized carbons (Fsp3) is 0.346. The molecule has 4 rings (SSSR count). The topological polar surface area (TPSA) is 98.6 Å². The number of nitrogens with zero attached hydrogens (tertiary/aromatic N) is 3. The summed E-state index contributed by atoms with van der Waals surface area (Å²) in [4.78, 5) is 26.8. The van der Waals surface area contributed by atoms with Crippen LogP contribution in [-0.2, 0) is 21.2 Å². The lowest BCUT2D eigenvalue weighted by Crippen LogP contribution is -2.31. The number of amides is 1. The number of sulfone groups is 1. The van der Waals surface area contributed by atoms with E-state index in [0.717, 1.165) is 17.0 Å². The average molecular weight is 496 g/mol. The molecule has 0 saturated carbocycles. The highest BCUT2D eigenvalue weighted by molar-refractivity contribution is 7.91. The molecular weight excluding hydrogens is 466 g/mol. The Kier molecular flexibility index (Phi) is 7.07. The Morgan fingerprint density at radius 2 is 1.71 bits per heavy atom. The normalized spacial score (nSPS) is 16.7. The van der Waals surface area contributed by atoms with Crippen LogP contribution in [0, 0.1) is 13.8 Å². The van der Waals surface area contributed by atoms with Gasteiger partial charge in [0.1, 0.15) is 5.75 Å². The number of rotatable bonds is 8. The molecule has 1 amide bonds. The van der Waals surface area contributed by atoms with Crippen molar-refractivity contribution in [2.45, 2.75) is 32.9 Å². The first-order chi connectivity index (χ1) is 16.6. The Bertz CT molecular complexity index is 1330. The maximum absolute atomic E-state index is 12.7. The molecule has 8 nitrogen and oxygen atoms in total. The van der Waals surface area contributed by atoms with E-state index < -0.39 is 9.84 Å². The molecule has 0 bridgehead atoms. The number of likely N-dealkylation sites (N-methyl/N-ethyl adjacent to an activating group) is 1. The van der Waals surface area contributed by atoms with Crippen LogP contribution in [0.1, 0.15) is 45.3 Å². The van der Waals surface area contributed by atoms with Crippen LogP contribution in [0.4, 0.5) is 0 Å². The van der Waals surface area contributed by atoms with E-state index in [9.17, 15) is 18.0 Å². The molecule has 9 heteroatoms. The molecule has 2 heterocycles. The van der Waals surface area contributed by atoms with Crippen molar-refractivity contribution in [1.29, 1.82) is 0 Å². The average Bonchev–Trinajstić information content (AvgIpc) is 3.36. The van der Waals surface area contributed by atoms with Gasteiger partial charge in [0, 0.05) is 36.0 Å². The lowest BCUT2D eigenvalue weighted by molar-refractivity contribution is -0.132. The lowest BCUT2D eigenvalue weighted by atomic mass is 10.0. The molecule has 1 saturated heterocycles. The largest absolute Gasteiger partial charge is 0.484 e. The van der Waals surface area contributed by atoms with Gasteiger partial charge in [-0.15, -0.1) is 0 Å². The van der Waals surface area contributed by atoms with Gasteiger partial charge < -0.3 is 9.64 Å². The van der Waals surface area contributed by atoms with E-state index in [-0.39, 0.29) is 35.8 Å². The summed E-state index contributed by atoms with van der Waals surface area (Å²) in [6.07, 6.45) is 0.558. The minimum atomic E-state index is -3.02. The summed E-state index contributed by atoms with van der Waals surface area (Å²) in [5, 5.41) is 4.56. The number of benzene rings is 2. The van der Waals surface area contributed by atoms with E-state index in [1.165, 1.54) is 0 Å². The summed E-state index contributed by atoms with van der Waals surface area (Å²) in [5.74, 6) is 0.507. The lowest BCUT2D eigenvalue weighted by Gasteiger charge is -2.18. The molecule has 1 atom stereocenters. The van der Waals surface area contributed by atoms with E-state index in [2.05, 4.69) is 5.10 Å². The molecule has 1 unspecified atom stereocenters. The number of aromatic nitrogens is 2. The molecule has 0 N–H and O–H groups in total. The van der Waals surface area contributed by atoms with Gasteiger partial charge in [0.25, 0.3) is 5.91 Å². The van der Waals surface area contributed by atoms with Crippen LogP contribution in [0.25, 0.3) is 0 Å². The SMILES string of the molecule is Cc1nn(C2CCS(=O)(=O)C2)c(C)c1CN(C)C(=O)COc1ccc(C(=O)c2ccccc2)cc1. The van der Waals surface area contributed by atoms with Crippen LogP contribution in [0.3, 0.4) is 0 Å². The highest BCUT2D eigenvalue weighted by atomic mass is 32.2. The fourth-order valence-electron chi connectivity index (χ4n) is 4.29. The van der Waals surface area contributed by atoms with Crippen molar-refractivity contribution in [3.8, 4) is 5.75 Å². The fourth-order valence-corrected chi connectivity index (χ4v) is 5.98. The van der Waals surface area contributed by atoms with Gasteiger partial charge in [-0.1, -0.05) is 30.3 Å². The Labute approximate surface area is 205 Å². The highest BCUT2D eigenvalue weighted by Crippen LogP contribution is 2.27. The van der Waals surface area contributed by atoms with Crippen LogP contribution in [0.15, 0.2) is 54.6 Å². The second kappa shape index (κ2) is 10.0. The van der Waals surface area contributed by atoms with Crippen LogP contribution < -0.4 is 4.74 Å². The molecule has 1 aliphatic heterocycles. The van der Waals surface area contributed by atoms with E-state index in [1.807, 2.05) is 32.0 Å². The third kappa shape index (κ3) is 5.62. The number of ether oxygens (including phenoxy) is 1. The zero-order chi connectivity index (χ0) is 25.2. The summed E-state index contributed by atoms with van der Waals surface area (Å²) >= 11 is 0. The molecule has 2 aromatic carbocycles. The van der Waals surface area contributed by atoms with Gasteiger partial charge in [0.15, 0.2) is 22.2 Å². The van der Waals surface area contributed by atoms with Crippen LogP contribution in [0.2, 0.25) is 0 Å². The second-order valence-corrected chi connectivity index (χ2v) is 11.1. The summed E-state index contributed by atoms with van der Waals surface area (Å²) in [5.41, 5.74) is 3.73. The molecule has 1 fully saturated rings. The van der Waals surface area contributed by atoms with Crippen molar-refractivity contribution >= 4 is 21.5 Å². The highest BCUT2D eigenvalue weighted by Gasteiger charge is 2.31.